The third kappa shape index (κ3) is 6.21. The molecular weight excluding hydrogens is 617 g/mol. The summed E-state index contributed by atoms with van der Waals surface area (Å²) in [6.45, 7) is 2.24. The standard InChI is InChI=1S/C21H17BrINO5S2/c1-2-28-16-8-13(9-17-20(27)24(10-18(25)26)21(30)31-17)7-15(22)19(16)29-11-12-3-5-14(23)6-4-12/h3-9H,2,10-11H2,1H3,(H,25,26)/b17-9+. The SMILES string of the molecule is CCOc1cc(/C=C2/SC(=S)N(CC(=O)O)C2=O)cc(Br)c1OCc1ccc(I)cc1. The number of carbonyl (C=O) groups is 2. The highest BCUT2D eigenvalue weighted by molar-refractivity contribution is 14.1. The lowest BCUT2D eigenvalue weighted by Crippen LogP contribution is -2.33. The molecule has 1 fully saturated rings. The van der Waals surface area contributed by atoms with Crippen LogP contribution in [0.25, 0.3) is 6.08 Å². The molecule has 0 atom stereocenters. The van der Waals surface area contributed by atoms with Crippen LogP contribution in [0.4, 0.5) is 0 Å². The summed E-state index contributed by atoms with van der Waals surface area (Å²) in [6.07, 6.45) is 1.66. The molecule has 0 bridgehead atoms. The Morgan fingerprint density at radius 1 is 1.29 bits per heavy atom. The average molecular weight is 634 g/mol. The number of thioether (sulfide) groups is 1. The van der Waals surface area contributed by atoms with Crippen molar-refractivity contribution in [1.82, 2.24) is 4.90 Å². The number of carboxylic acids is 1. The molecule has 0 unspecified atom stereocenters. The molecule has 1 N–H and O–H groups in total. The van der Waals surface area contributed by atoms with Gasteiger partial charge in [0.25, 0.3) is 5.91 Å². The van der Waals surface area contributed by atoms with Crippen molar-refractivity contribution in [3.8, 4) is 11.5 Å². The summed E-state index contributed by atoms with van der Waals surface area (Å²) in [5.41, 5.74) is 1.73. The number of ether oxygens (including phenoxy) is 2. The first-order valence-corrected chi connectivity index (χ1v) is 12.2. The number of carbonyl (C=O) groups excluding carboxylic acids is 1. The van der Waals surface area contributed by atoms with E-state index in [0.29, 0.717) is 39.7 Å². The van der Waals surface area contributed by atoms with E-state index in [1.165, 1.54) is 0 Å². The summed E-state index contributed by atoms with van der Waals surface area (Å²) >= 11 is 12.0. The molecule has 0 spiro atoms. The summed E-state index contributed by atoms with van der Waals surface area (Å²) < 4.78 is 13.8. The van der Waals surface area contributed by atoms with Gasteiger partial charge in [0.05, 0.1) is 16.0 Å². The molecule has 0 aliphatic carbocycles. The van der Waals surface area contributed by atoms with Gasteiger partial charge in [0, 0.05) is 3.57 Å². The second kappa shape index (κ2) is 10.8. The quantitative estimate of drug-likeness (QED) is 0.240. The Hall–Kier alpha value is -1.63. The highest BCUT2D eigenvalue weighted by Crippen LogP contribution is 2.39. The predicted octanol–water partition coefficient (Wildman–Crippen LogP) is 5.32. The summed E-state index contributed by atoms with van der Waals surface area (Å²) in [5.74, 6) is -0.440. The monoisotopic (exact) mass is 633 g/mol. The number of halogens is 2. The molecular formula is C21H17BrINO5S2. The third-order valence-electron chi connectivity index (χ3n) is 4.09. The number of amides is 1. The zero-order valence-corrected chi connectivity index (χ0v) is 21.6. The fourth-order valence-electron chi connectivity index (χ4n) is 2.73. The summed E-state index contributed by atoms with van der Waals surface area (Å²) in [7, 11) is 0. The molecule has 2 aromatic rings. The summed E-state index contributed by atoms with van der Waals surface area (Å²) in [6, 6.07) is 11.6. The van der Waals surface area contributed by atoms with E-state index in [1.54, 1.807) is 12.1 Å². The zero-order valence-electron chi connectivity index (χ0n) is 16.3. The highest BCUT2D eigenvalue weighted by atomic mass is 127. The number of rotatable bonds is 8. The topological polar surface area (TPSA) is 76.1 Å². The van der Waals surface area contributed by atoms with Crippen molar-refractivity contribution >= 4 is 84.8 Å². The van der Waals surface area contributed by atoms with Crippen LogP contribution >= 0.6 is 62.5 Å². The molecule has 162 valence electrons. The first-order chi connectivity index (χ1) is 14.8. The molecule has 0 radical (unpaired) electrons. The van der Waals surface area contributed by atoms with Crippen molar-refractivity contribution in [3.05, 3.63) is 60.5 Å². The molecule has 10 heteroatoms. The lowest BCUT2D eigenvalue weighted by atomic mass is 10.1. The van der Waals surface area contributed by atoms with Gasteiger partial charge in [0.1, 0.15) is 17.5 Å². The largest absolute Gasteiger partial charge is 0.490 e. The zero-order chi connectivity index (χ0) is 22.5. The van der Waals surface area contributed by atoms with Crippen LogP contribution in [0.15, 0.2) is 45.8 Å². The van der Waals surface area contributed by atoms with E-state index in [9.17, 15) is 9.59 Å². The Labute approximate surface area is 211 Å². The van der Waals surface area contributed by atoms with E-state index in [2.05, 4.69) is 38.5 Å². The maximum atomic E-state index is 12.5. The van der Waals surface area contributed by atoms with E-state index < -0.39 is 18.4 Å². The molecule has 1 aliphatic rings. The predicted molar refractivity (Wildman–Crippen MR) is 136 cm³/mol. The van der Waals surface area contributed by atoms with Crippen LogP contribution in [0.5, 0.6) is 11.5 Å². The van der Waals surface area contributed by atoms with Gasteiger partial charge in [0.15, 0.2) is 11.5 Å². The maximum Gasteiger partial charge on any atom is 0.323 e. The first kappa shape index (κ1) is 24.0. The molecule has 1 heterocycles. The van der Waals surface area contributed by atoms with Gasteiger partial charge < -0.3 is 14.6 Å². The van der Waals surface area contributed by atoms with E-state index in [0.717, 1.165) is 25.8 Å². The van der Waals surface area contributed by atoms with Gasteiger partial charge in [0.2, 0.25) is 0 Å². The molecule has 1 saturated heterocycles. The molecule has 0 aromatic heterocycles. The Morgan fingerprint density at radius 3 is 2.65 bits per heavy atom. The van der Waals surface area contributed by atoms with Crippen molar-refractivity contribution < 1.29 is 24.2 Å². The van der Waals surface area contributed by atoms with E-state index in [-0.39, 0.29) is 4.32 Å². The molecule has 1 amide bonds. The van der Waals surface area contributed by atoms with Crippen LogP contribution in [0.2, 0.25) is 0 Å². The Kier molecular flexibility index (Phi) is 8.36. The molecule has 6 nitrogen and oxygen atoms in total. The lowest BCUT2D eigenvalue weighted by Gasteiger charge is -2.15. The highest BCUT2D eigenvalue weighted by Gasteiger charge is 2.33. The van der Waals surface area contributed by atoms with Crippen LogP contribution in [-0.2, 0) is 16.2 Å². The molecule has 3 rings (SSSR count). The molecule has 0 saturated carbocycles. The number of hydrogen-bond donors (Lipinski definition) is 1. The van der Waals surface area contributed by atoms with Crippen LogP contribution in [0, 0.1) is 3.57 Å². The van der Waals surface area contributed by atoms with Gasteiger partial charge in [-0.3, -0.25) is 14.5 Å². The van der Waals surface area contributed by atoms with Crippen LogP contribution in [0.3, 0.4) is 0 Å². The molecule has 31 heavy (non-hydrogen) atoms. The van der Waals surface area contributed by atoms with Gasteiger partial charge in [-0.15, -0.1) is 0 Å². The minimum atomic E-state index is -1.12. The number of carboxylic acid groups (broad SMARTS) is 1. The Morgan fingerprint density at radius 2 is 2.00 bits per heavy atom. The van der Waals surface area contributed by atoms with Crippen molar-refractivity contribution in [1.29, 1.82) is 0 Å². The van der Waals surface area contributed by atoms with Crippen LogP contribution in [0.1, 0.15) is 18.1 Å². The van der Waals surface area contributed by atoms with E-state index in [4.69, 9.17) is 26.8 Å². The second-order valence-electron chi connectivity index (χ2n) is 6.34. The second-order valence-corrected chi connectivity index (χ2v) is 10.1. The Balaban J connectivity index is 1.85. The van der Waals surface area contributed by atoms with Gasteiger partial charge in [-0.25, -0.2) is 0 Å². The normalized spacial score (nSPS) is 14.9. The fraction of sp³-hybridized carbons (Fsp3) is 0.190. The lowest BCUT2D eigenvalue weighted by molar-refractivity contribution is -0.140. The molecule has 2 aromatic carbocycles. The van der Waals surface area contributed by atoms with Gasteiger partial charge in [-0.2, -0.15) is 0 Å². The van der Waals surface area contributed by atoms with Crippen molar-refractivity contribution in [3.63, 3.8) is 0 Å². The smallest absolute Gasteiger partial charge is 0.323 e. The Bertz CT molecular complexity index is 1060. The van der Waals surface area contributed by atoms with Gasteiger partial charge in [-0.1, -0.05) is 36.1 Å². The summed E-state index contributed by atoms with van der Waals surface area (Å²) in [4.78, 5) is 24.9. The number of thiocarbonyl (C=S) groups is 1. The fourth-order valence-corrected chi connectivity index (χ4v) is 4.92. The van der Waals surface area contributed by atoms with Crippen molar-refractivity contribution in [2.24, 2.45) is 0 Å². The summed E-state index contributed by atoms with van der Waals surface area (Å²) in [5, 5.41) is 8.97. The van der Waals surface area contributed by atoms with Crippen molar-refractivity contribution in [2.75, 3.05) is 13.2 Å². The van der Waals surface area contributed by atoms with E-state index in [1.807, 2.05) is 37.3 Å². The number of hydrogen-bond acceptors (Lipinski definition) is 6. The van der Waals surface area contributed by atoms with Crippen LogP contribution < -0.4 is 9.47 Å². The molecule has 1 aliphatic heterocycles. The van der Waals surface area contributed by atoms with Gasteiger partial charge >= 0.3 is 5.97 Å². The third-order valence-corrected chi connectivity index (χ3v) is 6.78. The first-order valence-electron chi connectivity index (χ1n) is 9.09. The minimum Gasteiger partial charge on any atom is -0.490 e. The maximum absolute atomic E-state index is 12.5. The number of benzene rings is 2. The van der Waals surface area contributed by atoms with Crippen LogP contribution in [-0.4, -0.2) is 39.4 Å². The van der Waals surface area contributed by atoms with Gasteiger partial charge in [-0.05, 0) is 86.9 Å². The minimum absolute atomic E-state index is 0.222. The number of nitrogens with zero attached hydrogens (tertiary/aromatic N) is 1. The number of aliphatic carboxylic acids is 1. The average Bonchev–Trinajstić information content (AvgIpc) is 2.96. The van der Waals surface area contributed by atoms with E-state index >= 15 is 0 Å². The van der Waals surface area contributed by atoms with Crippen molar-refractivity contribution in [2.45, 2.75) is 13.5 Å².